The maximum absolute atomic E-state index is 15.1. The lowest BCUT2D eigenvalue weighted by Crippen LogP contribution is -2.46. The van der Waals surface area contributed by atoms with E-state index < -0.39 is 17.6 Å². The van der Waals surface area contributed by atoms with Crippen molar-refractivity contribution in [3.63, 3.8) is 0 Å². The summed E-state index contributed by atoms with van der Waals surface area (Å²) in [6.45, 7) is 7.17. The number of cyclic esters (lactones) is 1. The van der Waals surface area contributed by atoms with Gasteiger partial charge in [-0.25, -0.2) is 14.2 Å². The summed E-state index contributed by atoms with van der Waals surface area (Å²) in [6, 6.07) is 2.01. The van der Waals surface area contributed by atoms with Crippen molar-refractivity contribution in [3.8, 4) is 11.4 Å². The number of hydrogen-bond donors (Lipinski definition) is 2. The van der Waals surface area contributed by atoms with Crippen molar-refractivity contribution < 1.29 is 23.8 Å². The van der Waals surface area contributed by atoms with Gasteiger partial charge >= 0.3 is 5.97 Å². The Kier molecular flexibility index (Phi) is 5.94. The van der Waals surface area contributed by atoms with Gasteiger partial charge in [-0.05, 0) is 54.9 Å². The molecule has 0 spiro atoms. The first-order valence-electron chi connectivity index (χ1n) is 13.7. The third-order valence-corrected chi connectivity index (χ3v) is 9.17. The topological polar surface area (TPSA) is 128 Å². The average Bonchev–Trinajstić information content (AvgIpc) is 3.31. The molecule has 2 aromatic heterocycles. The fourth-order valence-electron chi connectivity index (χ4n) is 6.59. The molecule has 0 fully saturated rings. The summed E-state index contributed by atoms with van der Waals surface area (Å²) in [7, 11) is 1.74. The smallest absolute Gasteiger partial charge is 0.343 e. The fourth-order valence-corrected chi connectivity index (χ4v) is 6.59. The minimum absolute atomic E-state index is 0.0317. The second-order valence-corrected chi connectivity index (χ2v) is 11.6. The molecule has 0 saturated carbocycles. The van der Waals surface area contributed by atoms with Crippen LogP contribution in [0.25, 0.3) is 22.3 Å². The first kappa shape index (κ1) is 26.6. The number of likely N-dealkylation sites (N-methyl/N-ethyl adjacent to an activating group) is 1. The Morgan fingerprint density at radius 1 is 1.30 bits per heavy atom. The first-order chi connectivity index (χ1) is 18.9. The van der Waals surface area contributed by atoms with Crippen molar-refractivity contribution in [1.29, 1.82) is 0 Å². The Morgan fingerprint density at radius 3 is 2.70 bits per heavy atom. The van der Waals surface area contributed by atoms with Crippen molar-refractivity contribution in [2.75, 3.05) is 7.05 Å². The second kappa shape index (κ2) is 8.94. The highest BCUT2D eigenvalue weighted by Gasteiger charge is 2.46. The third-order valence-electron chi connectivity index (χ3n) is 9.17. The maximum atomic E-state index is 15.1. The number of hydrogen-bond acceptors (Lipinski definition) is 7. The number of carbonyl (C=O) groups excluding carboxylic acids is 2. The van der Waals surface area contributed by atoms with E-state index in [2.05, 4.69) is 0 Å². The first-order valence-corrected chi connectivity index (χ1v) is 13.7. The van der Waals surface area contributed by atoms with Gasteiger partial charge in [-0.2, -0.15) is 0 Å². The van der Waals surface area contributed by atoms with Crippen LogP contribution in [0.3, 0.4) is 0 Å². The van der Waals surface area contributed by atoms with Gasteiger partial charge in [0.05, 0.1) is 41.1 Å². The van der Waals surface area contributed by atoms with Gasteiger partial charge in [-0.15, -0.1) is 0 Å². The molecule has 0 radical (unpaired) electrons. The van der Waals surface area contributed by atoms with Crippen molar-refractivity contribution in [3.05, 3.63) is 61.7 Å². The molecule has 3 aliphatic rings. The molecule has 6 rings (SSSR count). The Hall–Kier alpha value is -3.63. The van der Waals surface area contributed by atoms with Crippen molar-refractivity contribution in [2.24, 2.45) is 11.7 Å². The summed E-state index contributed by atoms with van der Waals surface area (Å²) in [5.74, 6) is -1.40. The van der Waals surface area contributed by atoms with E-state index in [0.717, 1.165) is 22.1 Å². The lowest BCUT2D eigenvalue weighted by atomic mass is 9.81. The number of esters is 1. The number of carbonyl (C=O) groups is 2. The van der Waals surface area contributed by atoms with Gasteiger partial charge in [0.15, 0.2) is 5.60 Å². The minimum atomic E-state index is -1.95. The van der Waals surface area contributed by atoms with Gasteiger partial charge in [0.25, 0.3) is 5.56 Å². The van der Waals surface area contributed by atoms with E-state index >= 15 is 4.39 Å². The van der Waals surface area contributed by atoms with Crippen molar-refractivity contribution in [1.82, 2.24) is 14.5 Å². The number of benzene rings is 1. The number of nitrogens with zero attached hydrogens (tertiary/aromatic N) is 3. The van der Waals surface area contributed by atoms with Crippen LogP contribution >= 0.6 is 0 Å². The van der Waals surface area contributed by atoms with Gasteiger partial charge in [-0.3, -0.25) is 9.59 Å². The molecule has 3 aromatic rings. The number of aliphatic hydroxyl groups is 1. The van der Waals surface area contributed by atoms with E-state index in [-0.39, 0.29) is 59.9 Å². The predicted octanol–water partition coefficient (Wildman–Crippen LogP) is 2.96. The highest BCUT2D eigenvalue weighted by atomic mass is 19.1. The Bertz CT molecular complexity index is 1700. The summed E-state index contributed by atoms with van der Waals surface area (Å²) in [5.41, 5.74) is 8.77. The molecule has 0 saturated heterocycles. The standard InChI is InChI=1S/C30H33FN4O5/c1-6-30(39)18-9-22-26-16(11-35(22)27(36)17(18)12-40-29(30)38)24-21(34(5)28(37)25(32)13(2)3)8-7-15-14(4)19(31)10-20(33-26)23(15)24/h9-10,13,21,25,39H,6-8,11-12,32H2,1-5H3/t21-,25-,30-/m0/s1. The highest BCUT2D eigenvalue weighted by Crippen LogP contribution is 2.47. The number of aryl methyl sites for hydroxylation is 1. The van der Waals surface area contributed by atoms with Crippen LogP contribution in [0.1, 0.15) is 73.0 Å². The van der Waals surface area contributed by atoms with E-state index in [9.17, 15) is 19.5 Å². The number of amides is 1. The molecule has 210 valence electrons. The van der Waals surface area contributed by atoms with Crippen LogP contribution < -0.4 is 11.3 Å². The molecule has 40 heavy (non-hydrogen) atoms. The van der Waals surface area contributed by atoms with Gasteiger partial charge in [-0.1, -0.05) is 20.8 Å². The molecule has 9 nitrogen and oxygen atoms in total. The van der Waals surface area contributed by atoms with Crippen LogP contribution in [-0.4, -0.2) is 44.5 Å². The number of ether oxygens (including phenoxy) is 1. The summed E-state index contributed by atoms with van der Waals surface area (Å²) >= 11 is 0. The lowest BCUT2D eigenvalue weighted by Gasteiger charge is -2.36. The van der Waals surface area contributed by atoms with Gasteiger partial charge in [0.1, 0.15) is 12.4 Å². The fraction of sp³-hybridized carbons (Fsp3) is 0.467. The summed E-state index contributed by atoms with van der Waals surface area (Å²) in [6.07, 6.45) is 1.16. The van der Waals surface area contributed by atoms with Crippen LogP contribution in [-0.2, 0) is 39.5 Å². The van der Waals surface area contributed by atoms with Gasteiger partial charge in [0.2, 0.25) is 5.91 Å². The molecule has 10 heteroatoms. The van der Waals surface area contributed by atoms with Crippen LogP contribution in [0.5, 0.6) is 0 Å². The van der Waals surface area contributed by atoms with E-state index in [1.165, 1.54) is 6.07 Å². The molecular weight excluding hydrogens is 515 g/mol. The Labute approximate surface area is 230 Å². The molecule has 0 unspecified atom stereocenters. The van der Waals surface area contributed by atoms with Gasteiger partial charge in [0, 0.05) is 29.6 Å². The molecular formula is C30H33FN4O5. The van der Waals surface area contributed by atoms with Crippen LogP contribution in [0.4, 0.5) is 4.39 Å². The van der Waals surface area contributed by atoms with Crippen LogP contribution in [0.15, 0.2) is 16.9 Å². The average molecular weight is 549 g/mol. The van der Waals surface area contributed by atoms with Crippen LogP contribution in [0, 0.1) is 18.7 Å². The molecule has 4 heterocycles. The third kappa shape index (κ3) is 3.45. The molecule has 1 aromatic carbocycles. The molecule has 1 amide bonds. The largest absolute Gasteiger partial charge is 0.458 e. The number of halogens is 1. The van der Waals surface area contributed by atoms with Crippen molar-refractivity contribution in [2.45, 2.75) is 77.8 Å². The molecule has 0 bridgehead atoms. The summed E-state index contributed by atoms with van der Waals surface area (Å²) in [4.78, 5) is 46.3. The monoisotopic (exact) mass is 548 g/mol. The maximum Gasteiger partial charge on any atom is 0.343 e. The Morgan fingerprint density at radius 2 is 2.02 bits per heavy atom. The molecule has 3 N–H and O–H groups in total. The van der Waals surface area contributed by atoms with E-state index in [1.54, 1.807) is 36.4 Å². The number of nitrogens with two attached hydrogens (primary N) is 1. The predicted molar refractivity (Wildman–Crippen MR) is 146 cm³/mol. The number of fused-ring (bicyclic) bond motifs is 5. The lowest BCUT2D eigenvalue weighted by molar-refractivity contribution is -0.172. The number of pyridine rings is 2. The van der Waals surface area contributed by atoms with E-state index in [0.29, 0.717) is 35.3 Å². The summed E-state index contributed by atoms with van der Waals surface area (Å²) < 4.78 is 21.9. The Balaban J connectivity index is 1.63. The summed E-state index contributed by atoms with van der Waals surface area (Å²) in [5, 5.41) is 12.0. The number of rotatable bonds is 4. The molecule has 2 aliphatic heterocycles. The van der Waals surface area contributed by atoms with Gasteiger partial charge < -0.3 is 25.0 Å². The quantitative estimate of drug-likeness (QED) is 0.375. The highest BCUT2D eigenvalue weighted by molar-refractivity contribution is 5.94. The van der Waals surface area contributed by atoms with E-state index in [4.69, 9.17) is 15.5 Å². The van der Waals surface area contributed by atoms with Crippen LogP contribution in [0.2, 0.25) is 0 Å². The minimum Gasteiger partial charge on any atom is -0.458 e. The molecule has 1 aliphatic carbocycles. The second-order valence-electron chi connectivity index (χ2n) is 11.6. The number of aromatic nitrogens is 2. The zero-order valence-electron chi connectivity index (χ0n) is 23.3. The zero-order valence-corrected chi connectivity index (χ0v) is 23.3. The zero-order chi connectivity index (χ0) is 28.8. The molecule has 3 atom stereocenters. The SMILES string of the molecule is CC[C@@]1(O)C(=O)OCc2c1cc1n(c2=O)Cc2c-1nc1cc(F)c(C)c3c1c2[C@@H](N(C)C(=O)[C@@H](N)C(C)C)CC3. The van der Waals surface area contributed by atoms with Crippen molar-refractivity contribution >= 4 is 22.8 Å². The normalized spacial score (nSPS) is 21.6. The van der Waals surface area contributed by atoms with E-state index in [1.807, 2.05) is 13.8 Å².